The highest BCUT2D eigenvalue weighted by Gasteiger charge is 2.34. The maximum Gasteiger partial charge on any atom is 0.573 e. The molecule has 1 aromatic rings. The van der Waals surface area contributed by atoms with Gasteiger partial charge in [-0.1, -0.05) is 25.5 Å². The summed E-state index contributed by atoms with van der Waals surface area (Å²) in [7, 11) is 0. The third-order valence-corrected chi connectivity index (χ3v) is 7.18. The first-order valence-corrected chi connectivity index (χ1v) is 11.7. The molecule has 0 saturated heterocycles. The lowest BCUT2D eigenvalue weighted by Crippen LogP contribution is -2.19. The molecular weight excluding hydrogens is 411 g/mol. The summed E-state index contributed by atoms with van der Waals surface area (Å²) in [5.74, 6) is -1.76. The SMILES string of the molecule is CCC1CCC(/C=C/CCC2CCC(c3cc(F)c(OC(F)(F)F)c(F)c3)CC2)CC1. The number of ether oxygens (including phenoxy) is 1. The lowest BCUT2D eigenvalue weighted by atomic mass is 9.77. The van der Waals surface area contributed by atoms with E-state index in [2.05, 4.69) is 23.8 Å². The Balaban J connectivity index is 1.43. The fourth-order valence-corrected chi connectivity index (χ4v) is 5.22. The number of benzene rings is 1. The molecule has 6 heteroatoms. The van der Waals surface area contributed by atoms with Crippen LogP contribution in [0.2, 0.25) is 0 Å². The van der Waals surface area contributed by atoms with Gasteiger partial charge >= 0.3 is 6.36 Å². The van der Waals surface area contributed by atoms with Gasteiger partial charge in [0.25, 0.3) is 0 Å². The summed E-state index contributed by atoms with van der Waals surface area (Å²) in [6, 6.07) is 1.98. The Hall–Kier alpha value is -1.59. The molecule has 0 N–H and O–H groups in total. The van der Waals surface area contributed by atoms with Gasteiger partial charge < -0.3 is 4.74 Å². The number of allylic oxidation sites excluding steroid dienone is 2. The molecule has 0 bridgehead atoms. The van der Waals surface area contributed by atoms with Crippen molar-refractivity contribution in [2.75, 3.05) is 0 Å². The molecule has 31 heavy (non-hydrogen) atoms. The molecule has 174 valence electrons. The van der Waals surface area contributed by atoms with Crippen molar-refractivity contribution in [3.63, 3.8) is 0 Å². The standard InChI is InChI=1S/C25H33F5O/c1-2-17-7-9-18(10-8-17)5-3-4-6-19-11-13-20(14-12-19)21-15-22(26)24(23(27)16-21)31-25(28,29)30/h3,5,15-20H,2,4,6-14H2,1H3/b5-3+. The van der Waals surface area contributed by atoms with Crippen LogP contribution in [0.3, 0.4) is 0 Å². The number of alkyl halides is 3. The molecule has 1 nitrogen and oxygen atoms in total. The number of halogens is 5. The van der Waals surface area contributed by atoms with E-state index in [1.807, 2.05) is 0 Å². The van der Waals surface area contributed by atoms with Gasteiger partial charge in [0.2, 0.25) is 5.75 Å². The largest absolute Gasteiger partial charge is 0.573 e. The van der Waals surface area contributed by atoms with Gasteiger partial charge in [-0.3, -0.25) is 0 Å². The van der Waals surface area contributed by atoms with Gasteiger partial charge in [0.1, 0.15) is 0 Å². The quantitative estimate of drug-likeness (QED) is 0.302. The molecule has 0 atom stereocenters. The second-order valence-electron chi connectivity index (χ2n) is 9.27. The molecule has 2 aliphatic rings. The number of rotatable bonds is 7. The van der Waals surface area contributed by atoms with E-state index in [0.29, 0.717) is 11.5 Å². The summed E-state index contributed by atoms with van der Waals surface area (Å²) in [4.78, 5) is 0. The maximum atomic E-state index is 14.0. The van der Waals surface area contributed by atoms with Crippen LogP contribution in [0, 0.1) is 29.4 Å². The first kappa shape index (κ1) is 24.1. The maximum absolute atomic E-state index is 14.0. The molecule has 0 aromatic heterocycles. The summed E-state index contributed by atoms with van der Waals surface area (Å²) in [5.41, 5.74) is 0.422. The Labute approximate surface area is 182 Å². The first-order valence-electron chi connectivity index (χ1n) is 11.7. The van der Waals surface area contributed by atoms with Crippen LogP contribution >= 0.6 is 0 Å². The minimum absolute atomic E-state index is 0.0236. The zero-order valence-electron chi connectivity index (χ0n) is 18.2. The van der Waals surface area contributed by atoms with Crippen LogP contribution < -0.4 is 4.74 Å². The zero-order chi connectivity index (χ0) is 22.4. The van der Waals surface area contributed by atoms with Crippen molar-refractivity contribution in [2.45, 2.75) is 89.8 Å². The predicted molar refractivity (Wildman–Crippen MR) is 112 cm³/mol. The second kappa shape index (κ2) is 10.8. The van der Waals surface area contributed by atoms with Crippen molar-refractivity contribution in [1.29, 1.82) is 0 Å². The van der Waals surface area contributed by atoms with Crippen LogP contribution in [0.5, 0.6) is 5.75 Å². The first-order chi connectivity index (χ1) is 14.7. The van der Waals surface area contributed by atoms with Crippen LogP contribution in [0.1, 0.15) is 89.0 Å². The van der Waals surface area contributed by atoms with E-state index in [1.54, 1.807) is 0 Å². The molecule has 2 fully saturated rings. The number of hydrogen-bond acceptors (Lipinski definition) is 1. The highest BCUT2D eigenvalue weighted by molar-refractivity contribution is 5.33. The van der Waals surface area contributed by atoms with E-state index in [0.717, 1.165) is 62.5 Å². The summed E-state index contributed by atoms with van der Waals surface area (Å²) in [6.45, 7) is 2.28. The molecule has 2 saturated carbocycles. The van der Waals surface area contributed by atoms with E-state index in [1.165, 1.54) is 32.1 Å². The lowest BCUT2D eigenvalue weighted by molar-refractivity contribution is -0.276. The molecule has 0 radical (unpaired) electrons. The van der Waals surface area contributed by atoms with Gasteiger partial charge in [-0.15, -0.1) is 13.2 Å². The normalized spacial score (nSPS) is 27.5. The minimum atomic E-state index is -5.12. The molecule has 0 heterocycles. The summed E-state index contributed by atoms with van der Waals surface area (Å²) < 4.78 is 68.4. The smallest absolute Gasteiger partial charge is 0.399 e. The van der Waals surface area contributed by atoms with Crippen molar-refractivity contribution in [1.82, 2.24) is 0 Å². The topological polar surface area (TPSA) is 9.23 Å². The summed E-state index contributed by atoms with van der Waals surface area (Å²) >= 11 is 0. The van der Waals surface area contributed by atoms with Crippen LogP contribution in [0.25, 0.3) is 0 Å². The molecule has 1 aromatic carbocycles. The molecule has 0 amide bonds. The van der Waals surface area contributed by atoms with Crippen molar-refractivity contribution >= 4 is 0 Å². The van der Waals surface area contributed by atoms with Gasteiger partial charge in [-0.05, 0) is 106 Å². The van der Waals surface area contributed by atoms with Crippen molar-refractivity contribution in [3.8, 4) is 5.75 Å². The predicted octanol–water partition coefficient (Wildman–Crippen LogP) is 8.69. The third kappa shape index (κ3) is 7.21. The van der Waals surface area contributed by atoms with Gasteiger partial charge in [0, 0.05) is 0 Å². The zero-order valence-corrected chi connectivity index (χ0v) is 18.2. The van der Waals surface area contributed by atoms with Crippen LogP contribution in [-0.2, 0) is 0 Å². The van der Waals surface area contributed by atoms with E-state index in [4.69, 9.17) is 0 Å². The third-order valence-electron chi connectivity index (χ3n) is 7.18. The Morgan fingerprint density at radius 2 is 1.48 bits per heavy atom. The van der Waals surface area contributed by atoms with Gasteiger partial charge in [-0.25, -0.2) is 8.78 Å². The molecule has 2 aliphatic carbocycles. The second-order valence-corrected chi connectivity index (χ2v) is 9.27. The Bertz CT molecular complexity index is 703. The number of hydrogen-bond donors (Lipinski definition) is 0. The Morgan fingerprint density at radius 1 is 0.903 bits per heavy atom. The fourth-order valence-electron chi connectivity index (χ4n) is 5.22. The van der Waals surface area contributed by atoms with Crippen LogP contribution in [0.4, 0.5) is 22.0 Å². The van der Waals surface area contributed by atoms with Gasteiger partial charge in [0.05, 0.1) is 0 Å². The van der Waals surface area contributed by atoms with E-state index >= 15 is 0 Å². The Kier molecular flexibility index (Phi) is 8.40. The average molecular weight is 445 g/mol. The van der Waals surface area contributed by atoms with Gasteiger partial charge in [-0.2, -0.15) is 0 Å². The highest BCUT2D eigenvalue weighted by atomic mass is 19.4. The summed E-state index contributed by atoms with van der Waals surface area (Å²) in [5, 5.41) is 0. The summed E-state index contributed by atoms with van der Waals surface area (Å²) in [6.07, 6.45) is 11.9. The molecule has 0 aliphatic heterocycles. The molecule has 0 spiro atoms. The monoisotopic (exact) mass is 444 g/mol. The van der Waals surface area contributed by atoms with E-state index in [-0.39, 0.29) is 5.92 Å². The molecule has 3 rings (SSSR count). The van der Waals surface area contributed by atoms with Crippen molar-refractivity contribution in [3.05, 3.63) is 41.5 Å². The lowest BCUT2D eigenvalue weighted by Gasteiger charge is -2.29. The minimum Gasteiger partial charge on any atom is -0.399 e. The fraction of sp³-hybridized carbons (Fsp3) is 0.680. The average Bonchev–Trinajstić information content (AvgIpc) is 2.74. The molecule has 0 unspecified atom stereocenters. The van der Waals surface area contributed by atoms with Crippen LogP contribution in [0.15, 0.2) is 24.3 Å². The van der Waals surface area contributed by atoms with E-state index < -0.39 is 23.7 Å². The van der Waals surface area contributed by atoms with E-state index in [9.17, 15) is 22.0 Å². The van der Waals surface area contributed by atoms with Crippen molar-refractivity contribution < 1.29 is 26.7 Å². The highest BCUT2D eigenvalue weighted by Crippen LogP contribution is 2.40. The van der Waals surface area contributed by atoms with Gasteiger partial charge in [0.15, 0.2) is 11.6 Å². The Morgan fingerprint density at radius 3 is 2.03 bits per heavy atom. The molecular formula is C25H33F5O. The van der Waals surface area contributed by atoms with Crippen LogP contribution in [-0.4, -0.2) is 6.36 Å². The van der Waals surface area contributed by atoms with Crippen molar-refractivity contribution in [2.24, 2.45) is 17.8 Å².